The molecule has 0 aliphatic carbocycles. The van der Waals surface area contributed by atoms with E-state index in [0.717, 1.165) is 0 Å². The predicted octanol–water partition coefficient (Wildman–Crippen LogP) is 2.27. The Morgan fingerprint density at radius 2 is 2.12 bits per heavy atom. The fraction of sp³-hybridized carbons (Fsp3) is 0.417. The van der Waals surface area contributed by atoms with Gasteiger partial charge in [-0.1, -0.05) is 25.4 Å². The molecule has 0 aromatic heterocycles. The number of ether oxygens (including phenoxy) is 1. The van der Waals surface area contributed by atoms with E-state index in [1.807, 2.05) is 13.8 Å². The molecule has 3 N–H and O–H groups in total. The maximum Gasteiger partial charge on any atom is 0.241 e. The molecule has 5 heteroatoms. The average Bonchev–Trinajstić information content (AvgIpc) is 2.30. The van der Waals surface area contributed by atoms with Gasteiger partial charge in [-0.25, -0.2) is 0 Å². The van der Waals surface area contributed by atoms with Crippen molar-refractivity contribution < 1.29 is 9.53 Å². The number of hydrogen-bond donors (Lipinski definition) is 2. The topological polar surface area (TPSA) is 64.3 Å². The number of hydrogen-bond acceptors (Lipinski definition) is 3. The summed E-state index contributed by atoms with van der Waals surface area (Å²) in [5.41, 5.74) is 6.25. The molecule has 0 radical (unpaired) electrons. The molecule has 1 aromatic carbocycles. The van der Waals surface area contributed by atoms with Crippen molar-refractivity contribution in [3.63, 3.8) is 0 Å². The number of halogens is 1. The highest BCUT2D eigenvalue weighted by Crippen LogP contribution is 2.26. The van der Waals surface area contributed by atoms with E-state index in [4.69, 9.17) is 22.1 Å². The largest absolute Gasteiger partial charge is 0.497 e. The number of carbonyl (C=O) groups is 1. The van der Waals surface area contributed by atoms with Gasteiger partial charge in [-0.3, -0.25) is 4.79 Å². The quantitative estimate of drug-likeness (QED) is 0.869. The molecule has 0 heterocycles. The van der Waals surface area contributed by atoms with Crippen molar-refractivity contribution in [3.8, 4) is 5.75 Å². The zero-order chi connectivity index (χ0) is 13.0. The summed E-state index contributed by atoms with van der Waals surface area (Å²) >= 11 is 5.97. The third-order valence-corrected chi connectivity index (χ3v) is 2.78. The summed E-state index contributed by atoms with van der Waals surface area (Å²) in [4.78, 5) is 11.8. The molecular weight excluding hydrogens is 240 g/mol. The first-order chi connectivity index (χ1) is 7.95. The van der Waals surface area contributed by atoms with Gasteiger partial charge in [0.05, 0.1) is 23.9 Å². The number of nitrogens with one attached hydrogen (secondary N) is 1. The number of amides is 1. The van der Waals surface area contributed by atoms with E-state index in [1.165, 1.54) is 0 Å². The molecule has 17 heavy (non-hydrogen) atoms. The Kier molecular flexibility index (Phi) is 4.78. The van der Waals surface area contributed by atoms with Gasteiger partial charge in [0.15, 0.2) is 0 Å². The van der Waals surface area contributed by atoms with Gasteiger partial charge in [-0.05, 0) is 18.1 Å². The van der Waals surface area contributed by atoms with E-state index in [9.17, 15) is 4.79 Å². The summed E-state index contributed by atoms with van der Waals surface area (Å²) in [6.07, 6.45) is 0. The fourth-order valence-corrected chi connectivity index (χ4v) is 1.41. The van der Waals surface area contributed by atoms with E-state index in [0.29, 0.717) is 16.5 Å². The van der Waals surface area contributed by atoms with E-state index >= 15 is 0 Å². The molecule has 0 spiro atoms. The number of benzene rings is 1. The zero-order valence-electron chi connectivity index (χ0n) is 10.2. The van der Waals surface area contributed by atoms with Crippen molar-refractivity contribution >= 4 is 23.2 Å². The molecule has 4 nitrogen and oxygen atoms in total. The molecule has 0 fully saturated rings. The lowest BCUT2D eigenvalue weighted by atomic mass is 10.0. The summed E-state index contributed by atoms with van der Waals surface area (Å²) in [7, 11) is 1.55. The Morgan fingerprint density at radius 1 is 1.47 bits per heavy atom. The highest BCUT2D eigenvalue weighted by Gasteiger charge is 2.18. The van der Waals surface area contributed by atoms with Gasteiger partial charge in [0.25, 0.3) is 0 Å². The third kappa shape index (κ3) is 3.61. The Balaban J connectivity index is 2.84. The lowest BCUT2D eigenvalue weighted by Gasteiger charge is -2.16. The molecule has 0 saturated carbocycles. The van der Waals surface area contributed by atoms with Crippen molar-refractivity contribution in [2.24, 2.45) is 11.7 Å². The first kappa shape index (κ1) is 13.8. The molecular formula is C12H17ClN2O2. The Hall–Kier alpha value is -1.26. The van der Waals surface area contributed by atoms with Crippen LogP contribution in [0, 0.1) is 5.92 Å². The molecule has 1 rings (SSSR count). The number of nitrogens with two attached hydrogens (primary N) is 1. The van der Waals surface area contributed by atoms with Crippen molar-refractivity contribution in [1.29, 1.82) is 0 Å². The lowest BCUT2D eigenvalue weighted by Crippen LogP contribution is -2.39. The van der Waals surface area contributed by atoms with Crippen molar-refractivity contribution in [3.05, 3.63) is 23.2 Å². The van der Waals surface area contributed by atoms with Gasteiger partial charge in [0.2, 0.25) is 5.91 Å². The standard InChI is InChI=1S/C12H17ClN2O2/c1-7(2)11(14)12(16)15-10-6-8(17-3)4-5-9(10)13/h4-7,11H,14H2,1-3H3,(H,15,16)/t11-/m0/s1. The van der Waals surface area contributed by atoms with Crippen LogP contribution in [0.4, 0.5) is 5.69 Å². The molecule has 0 saturated heterocycles. The molecule has 0 bridgehead atoms. The van der Waals surface area contributed by atoms with E-state index in [2.05, 4.69) is 5.32 Å². The van der Waals surface area contributed by atoms with Crippen LogP contribution in [-0.4, -0.2) is 19.1 Å². The summed E-state index contributed by atoms with van der Waals surface area (Å²) in [6.45, 7) is 3.77. The van der Waals surface area contributed by atoms with E-state index in [-0.39, 0.29) is 11.8 Å². The summed E-state index contributed by atoms with van der Waals surface area (Å²) in [5.74, 6) is 0.442. The Bertz CT molecular complexity index is 407. The minimum absolute atomic E-state index is 0.0689. The minimum Gasteiger partial charge on any atom is -0.497 e. The maximum atomic E-state index is 11.8. The number of carbonyl (C=O) groups excluding carboxylic acids is 1. The van der Waals surface area contributed by atoms with Crippen LogP contribution in [0.3, 0.4) is 0 Å². The average molecular weight is 257 g/mol. The predicted molar refractivity (Wildman–Crippen MR) is 69.4 cm³/mol. The lowest BCUT2D eigenvalue weighted by molar-refractivity contribution is -0.118. The third-order valence-electron chi connectivity index (χ3n) is 2.45. The first-order valence-electron chi connectivity index (χ1n) is 5.35. The monoisotopic (exact) mass is 256 g/mol. The second-order valence-electron chi connectivity index (χ2n) is 4.10. The van der Waals surface area contributed by atoms with Crippen LogP contribution < -0.4 is 15.8 Å². The van der Waals surface area contributed by atoms with Crippen LogP contribution in [0.15, 0.2) is 18.2 Å². The maximum absolute atomic E-state index is 11.8. The molecule has 0 unspecified atom stereocenters. The van der Waals surface area contributed by atoms with Crippen LogP contribution in [-0.2, 0) is 4.79 Å². The summed E-state index contributed by atoms with van der Waals surface area (Å²) in [5, 5.41) is 3.14. The van der Waals surface area contributed by atoms with Gasteiger partial charge < -0.3 is 15.8 Å². The molecule has 1 amide bonds. The van der Waals surface area contributed by atoms with Gasteiger partial charge >= 0.3 is 0 Å². The number of methoxy groups -OCH3 is 1. The molecule has 1 aromatic rings. The van der Waals surface area contributed by atoms with E-state index < -0.39 is 6.04 Å². The van der Waals surface area contributed by atoms with Crippen LogP contribution >= 0.6 is 11.6 Å². The summed E-state index contributed by atoms with van der Waals surface area (Å²) < 4.78 is 5.06. The normalized spacial score (nSPS) is 12.4. The van der Waals surface area contributed by atoms with Gasteiger partial charge in [0, 0.05) is 6.07 Å². The Morgan fingerprint density at radius 3 is 2.65 bits per heavy atom. The molecule has 0 aliphatic heterocycles. The van der Waals surface area contributed by atoms with Gasteiger partial charge in [-0.2, -0.15) is 0 Å². The molecule has 0 aliphatic rings. The highest BCUT2D eigenvalue weighted by atomic mass is 35.5. The number of anilines is 1. The Labute approximate surface area is 106 Å². The first-order valence-corrected chi connectivity index (χ1v) is 5.73. The minimum atomic E-state index is -0.558. The molecule has 1 atom stereocenters. The second-order valence-corrected chi connectivity index (χ2v) is 4.51. The van der Waals surface area contributed by atoms with Gasteiger partial charge in [0.1, 0.15) is 5.75 Å². The SMILES string of the molecule is COc1ccc(Cl)c(NC(=O)[C@@H](N)C(C)C)c1. The van der Waals surface area contributed by atoms with Crippen LogP contribution in [0.25, 0.3) is 0 Å². The van der Waals surface area contributed by atoms with Crippen molar-refractivity contribution in [2.45, 2.75) is 19.9 Å². The van der Waals surface area contributed by atoms with E-state index in [1.54, 1.807) is 25.3 Å². The zero-order valence-corrected chi connectivity index (χ0v) is 10.9. The highest BCUT2D eigenvalue weighted by molar-refractivity contribution is 6.33. The van der Waals surface area contributed by atoms with Gasteiger partial charge in [-0.15, -0.1) is 0 Å². The number of rotatable bonds is 4. The van der Waals surface area contributed by atoms with Crippen LogP contribution in [0.2, 0.25) is 5.02 Å². The summed E-state index contributed by atoms with van der Waals surface area (Å²) in [6, 6.07) is 4.49. The van der Waals surface area contributed by atoms with Crippen molar-refractivity contribution in [1.82, 2.24) is 0 Å². The second kappa shape index (κ2) is 5.89. The fourth-order valence-electron chi connectivity index (χ4n) is 1.25. The van der Waals surface area contributed by atoms with Crippen LogP contribution in [0.5, 0.6) is 5.75 Å². The molecule has 94 valence electrons. The smallest absolute Gasteiger partial charge is 0.241 e. The van der Waals surface area contributed by atoms with Crippen molar-refractivity contribution in [2.75, 3.05) is 12.4 Å². The van der Waals surface area contributed by atoms with Crippen LogP contribution in [0.1, 0.15) is 13.8 Å².